The average Bonchev–Trinajstić information content (AvgIpc) is 3.07. The largest absolute Gasteiger partial charge is 0.494 e. The van der Waals surface area contributed by atoms with Crippen molar-refractivity contribution in [1.82, 2.24) is 20.0 Å². The molecule has 0 spiro atoms. The van der Waals surface area contributed by atoms with Crippen molar-refractivity contribution in [1.29, 1.82) is 0 Å². The minimum Gasteiger partial charge on any atom is -0.494 e. The second-order valence-corrected chi connectivity index (χ2v) is 7.49. The molecule has 0 unspecified atom stereocenters. The number of hydrogen-bond acceptors (Lipinski definition) is 6. The van der Waals surface area contributed by atoms with Crippen LogP contribution in [0.5, 0.6) is 5.75 Å². The number of rotatable bonds is 7. The number of para-hydroxylation sites is 2. The first-order valence-corrected chi connectivity index (χ1v) is 10.7. The lowest BCUT2D eigenvalue weighted by molar-refractivity contribution is 0.0941. The normalized spacial score (nSPS) is 12.5. The van der Waals surface area contributed by atoms with Gasteiger partial charge >= 0.3 is 0 Å². The van der Waals surface area contributed by atoms with Gasteiger partial charge in [0.2, 0.25) is 0 Å². The maximum atomic E-state index is 13.0. The van der Waals surface area contributed by atoms with Crippen molar-refractivity contribution in [3.63, 3.8) is 0 Å². The number of amides is 1. The molecule has 8 nitrogen and oxygen atoms in total. The molecule has 2 heterocycles. The molecule has 0 aliphatic carbocycles. The number of aromatic nitrogens is 3. The van der Waals surface area contributed by atoms with E-state index in [1.54, 1.807) is 6.21 Å². The van der Waals surface area contributed by atoms with E-state index in [-0.39, 0.29) is 23.3 Å². The first kappa shape index (κ1) is 21.3. The highest BCUT2D eigenvalue weighted by molar-refractivity contribution is 6.10. The first-order chi connectivity index (χ1) is 15.5. The van der Waals surface area contributed by atoms with E-state index in [0.717, 1.165) is 17.7 Å². The second-order valence-electron chi connectivity index (χ2n) is 7.49. The molecule has 0 radical (unpaired) electrons. The smallest absolute Gasteiger partial charge is 0.257 e. The predicted octanol–water partition coefficient (Wildman–Crippen LogP) is 3.98. The van der Waals surface area contributed by atoms with Gasteiger partial charge in [-0.05, 0) is 62.2 Å². The Morgan fingerprint density at radius 1 is 1.16 bits per heavy atom. The highest BCUT2D eigenvalue weighted by atomic mass is 16.5. The van der Waals surface area contributed by atoms with Gasteiger partial charge in [-0.1, -0.05) is 19.1 Å². The third-order valence-corrected chi connectivity index (χ3v) is 5.20. The maximum Gasteiger partial charge on any atom is 0.257 e. The Labute approximate surface area is 186 Å². The topological polar surface area (TPSA) is 107 Å². The number of nitrogen functional groups attached to an aromatic ring is 1. The Bertz CT molecular complexity index is 1290. The summed E-state index contributed by atoms with van der Waals surface area (Å²) in [6.07, 6.45) is 2.47. The van der Waals surface area contributed by atoms with Crippen LogP contribution in [0.15, 0.2) is 53.6 Å². The molecule has 0 fully saturated rings. The van der Waals surface area contributed by atoms with Gasteiger partial charge in [0.1, 0.15) is 22.6 Å². The number of nitrogens with zero attached hydrogens (tertiary/aromatic N) is 4. The molecule has 1 amide bonds. The number of ether oxygens (including phenoxy) is 1. The van der Waals surface area contributed by atoms with Crippen LogP contribution in [0, 0.1) is 0 Å². The van der Waals surface area contributed by atoms with Crippen molar-refractivity contribution in [2.75, 3.05) is 12.3 Å². The summed E-state index contributed by atoms with van der Waals surface area (Å²) in [6.45, 7) is 6.49. The SMILES string of the molecule is CCOc1ccc(/C=N\n2c(N)c(C(=O)N[C@H](C)CC)c3nc4ccccc4nc32)cc1. The number of benzene rings is 2. The molecule has 2 aromatic heterocycles. The lowest BCUT2D eigenvalue weighted by Gasteiger charge is -2.11. The van der Waals surface area contributed by atoms with E-state index < -0.39 is 0 Å². The standard InChI is InChI=1S/C24H26N6O2/c1-4-15(3)27-24(31)20-21-23(29-19-9-7-6-8-18(19)28-21)30(22(20)25)26-14-16-10-12-17(13-11-16)32-5-2/h6-15H,4-5,25H2,1-3H3,(H,27,31)/b26-14-/t15-/m1/s1. The van der Waals surface area contributed by atoms with E-state index in [4.69, 9.17) is 15.5 Å². The zero-order valence-corrected chi connectivity index (χ0v) is 18.4. The van der Waals surface area contributed by atoms with Gasteiger partial charge in [0, 0.05) is 6.04 Å². The van der Waals surface area contributed by atoms with Crippen LogP contribution >= 0.6 is 0 Å². The van der Waals surface area contributed by atoms with Crippen LogP contribution in [0.2, 0.25) is 0 Å². The minimum atomic E-state index is -0.290. The van der Waals surface area contributed by atoms with E-state index in [0.29, 0.717) is 28.8 Å². The third-order valence-electron chi connectivity index (χ3n) is 5.20. The van der Waals surface area contributed by atoms with Gasteiger partial charge in [0.15, 0.2) is 5.65 Å². The van der Waals surface area contributed by atoms with Crippen molar-refractivity contribution in [3.05, 3.63) is 59.7 Å². The fourth-order valence-electron chi connectivity index (χ4n) is 3.33. The Kier molecular flexibility index (Phi) is 6.02. The number of carbonyl (C=O) groups excluding carboxylic acids is 1. The molecule has 4 aromatic rings. The summed E-state index contributed by atoms with van der Waals surface area (Å²) in [5.74, 6) is 0.691. The van der Waals surface area contributed by atoms with Crippen LogP contribution in [0.4, 0.5) is 5.82 Å². The lowest BCUT2D eigenvalue weighted by Crippen LogP contribution is -2.32. The fourth-order valence-corrected chi connectivity index (χ4v) is 3.33. The van der Waals surface area contributed by atoms with Crippen LogP contribution in [0.3, 0.4) is 0 Å². The summed E-state index contributed by atoms with van der Waals surface area (Å²) < 4.78 is 6.95. The molecule has 2 aromatic carbocycles. The van der Waals surface area contributed by atoms with Crippen LogP contribution in [-0.2, 0) is 0 Å². The molecule has 4 rings (SSSR count). The van der Waals surface area contributed by atoms with Crippen LogP contribution in [0.1, 0.15) is 43.1 Å². The monoisotopic (exact) mass is 430 g/mol. The zero-order chi connectivity index (χ0) is 22.7. The van der Waals surface area contributed by atoms with Gasteiger partial charge in [-0.25, -0.2) is 9.97 Å². The molecule has 8 heteroatoms. The summed E-state index contributed by atoms with van der Waals surface area (Å²) in [4.78, 5) is 22.4. The van der Waals surface area contributed by atoms with Crippen molar-refractivity contribution in [3.8, 4) is 5.75 Å². The van der Waals surface area contributed by atoms with E-state index in [1.807, 2.05) is 69.3 Å². The molecule has 3 N–H and O–H groups in total. The molecule has 0 aliphatic heterocycles. The maximum absolute atomic E-state index is 13.0. The van der Waals surface area contributed by atoms with E-state index >= 15 is 0 Å². The molecule has 0 bridgehead atoms. The highest BCUT2D eigenvalue weighted by Crippen LogP contribution is 2.28. The Morgan fingerprint density at radius 2 is 1.84 bits per heavy atom. The third kappa shape index (κ3) is 4.12. The quantitative estimate of drug-likeness (QED) is 0.431. The summed E-state index contributed by atoms with van der Waals surface area (Å²) in [7, 11) is 0. The van der Waals surface area contributed by atoms with Crippen molar-refractivity contribution in [2.24, 2.45) is 5.10 Å². The van der Waals surface area contributed by atoms with E-state index in [2.05, 4.69) is 15.4 Å². The first-order valence-electron chi connectivity index (χ1n) is 10.7. The lowest BCUT2D eigenvalue weighted by atomic mass is 10.2. The number of anilines is 1. The van der Waals surface area contributed by atoms with Crippen LogP contribution in [0.25, 0.3) is 22.2 Å². The van der Waals surface area contributed by atoms with Crippen molar-refractivity contribution in [2.45, 2.75) is 33.2 Å². The van der Waals surface area contributed by atoms with Gasteiger partial charge in [0.05, 0.1) is 23.9 Å². The Balaban J connectivity index is 1.82. The Morgan fingerprint density at radius 3 is 2.50 bits per heavy atom. The highest BCUT2D eigenvalue weighted by Gasteiger charge is 2.24. The summed E-state index contributed by atoms with van der Waals surface area (Å²) in [5.41, 5.74) is 9.78. The van der Waals surface area contributed by atoms with Gasteiger partial charge in [0.25, 0.3) is 5.91 Å². The van der Waals surface area contributed by atoms with Crippen molar-refractivity contribution >= 4 is 40.1 Å². The molecular formula is C24H26N6O2. The van der Waals surface area contributed by atoms with E-state index in [1.165, 1.54) is 4.68 Å². The van der Waals surface area contributed by atoms with Crippen LogP contribution in [-0.4, -0.2) is 39.4 Å². The van der Waals surface area contributed by atoms with Gasteiger partial charge in [-0.3, -0.25) is 4.79 Å². The van der Waals surface area contributed by atoms with Crippen molar-refractivity contribution < 1.29 is 9.53 Å². The predicted molar refractivity (Wildman–Crippen MR) is 127 cm³/mol. The molecular weight excluding hydrogens is 404 g/mol. The van der Waals surface area contributed by atoms with Gasteiger partial charge < -0.3 is 15.8 Å². The molecule has 32 heavy (non-hydrogen) atoms. The van der Waals surface area contributed by atoms with E-state index in [9.17, 15) is 4.79 Å². The number of carbonyl (C=O) groups is 1. The number of nitrogens with two attached hydrogens (primary N) is 1. The molecule has 164 valence electrons. The molecule has 0 aliphatic rings. The van der Waals surface area contributed by atoms with Gasteiger partial charge in [-0.15, -0.1) is 0 Å². The molecule has 1 atom stereocenters. The number of nitrogens with one attached hydrogen (secondary N) is 1. The number of fused-ring (bicyclic) bond motifs is 2. The summed E-state index contributed by atoms with van der Waals surface area (Å²) in [6, 6.07) is 15.0. The number of hydrogen-bond donors (Lipinski definition) is 2. The fraction of sp³-hybridized carbons (Fsp3) is 0.250. The summed E-state index contributed by atoms with van der Waals surface area (Å²) in [5, 5.41) is 7.50. The zero-order valence-electron chi connectivity index (χ0n) is 18.4. The van der Waals surface area contributed by atoms with Gasteiger partial charge in [-0.2, -0.15) is 9.78 Å². The molecule has 0 saturated heterocycles. The summed E-state index contributed by atoms with van der Waals surface area (Å²) >= 11 is 0. The Hall–Kier alpha value is -3.94. The average molecular weight is 431 g/mol. The van der Waals surface area contributed by atoms with Crippen LogP contribution < -0.4 is 15.8 Å². The molecule has 0 saturated carbocycles. The second kappa shape index (κ2) is 9.05. The minimum absolute atomic E-state index is 0.000992.